The molecule has 0 amide bonds. The maximum atomic E-state index is 14.7. The Morgan fingerprint density at radius 3 is 1.55 bits per heavy atom. The molecule has 0 saturated heterocycles. The third-order valence-electron chi connectivity index (χ3n) is 11.4. The molecule has 0 bridgehead atoms. The molecule has 0 N–H and O–H groups in total. The van der Waals surface area contributed by atoms with Gasteiger partial charge in [0, 0.05) is 45.3 Å². The number of hydrogen-bond acceptors (Lipinski definition) is 4. The standard InChI is InChI=1S/C51H44N2O2/c1-35-20-7-6-18-33-52(45-30-15-10-25-40(45)50(35,2)3)43-28-13-8-23-38(43)48(54)36-21-19-22-37(34-36)49(55)39-24-9-14-29-44(39)53-46-31-16-11-26-41(46)51(4,5)42-27-12-17-32-47(42)53/h6-32,34H,1,33H2,2-5H3/b18-6-,20-7-. The van der Waals surface area contributed by atoms with Gasteiger partial charge >= 0.3 is 0 Å². The van der Waals surface area contributed by atoms with Gasteiger partial charge in [-0.25, -0.2) is 0 Å². The smallest absolute Gasteiger partial charge is 0.195 e. The molecule has 2 aliphatic heterocycles. The van der Waals surface area contributed by atoms with Crippen molar-refractivity contribution in [1.29, 1.82) is 0 Å². The van der Waals surface area contributed by atoms with Crippen molar-refractivity contribution in [1.82, 2.24) is 0 Å². The first-order valence-electron chi connectivity index (χ1n) is 18.9. The second-order valence-electron chi connectivity index (χ2n) is 15.3. The quantitative estimate of drug-likeness (QED) is 0.161. The van der Waals surface area contributed by atoms with Gasteiger partial charge in [-0.2, -0.15) is 0 Å². The molecule has 4 nitrogen and oxygen atoms in total. The van der Waals surface area contributed by atoms with E-state index in [4.69, 9.17) is 0 Å². The first-order chi connectivity index (χ1) is 26.6. The van der Waals surface area contributed by atoms with Gasteiger partial charge < -0.3 is 9.80 Å². The zero-order valence-electron chi connectivity index (χ0n) is 31.8. The number of nitrogens with zero attached hydrogens (tertiary/aromatic N) is 2. The van der Waals surface area contributed by atoms with Crippen molar-refractivity contribution >= 4 is 40.0 Å². The van der Waals surface area contributed by atoms with E-state index in [9.17, 15) is 9.59 Å². The third kappa shape index (κ3) is 6.14. The number of carbonyl (C=O) groups excluding carboxylic acids is 2. The van der Waals surface area contributed by atoms with E-state index in [0.717, 1.165) is 39.6 Å². The molecule has 0 atom stereocenters. The topological polar surface area (TPSA) is 40.6 Å². The van der Waals surface area contributed by atoms with Crippen molar-refractivity contribution < 1.29 is 9.59 Å². The number of carbonyl (C=O) groups is 2. The van der Waals surface area contributed by atoms with Crippen molar-refractivity contribution in [2.45, 2.75) is 38.5 Å². The highest BCUT2D eigenvalue weighted by atomic mass is 16.1. The first kappa shape index (κ1) is 35.5. The fourth-order valence-electron chi connectivity index (χ4n) is 8.16. The second-order valence-corrected chi connectivity index (χ2v) is 15.3. The van der Waals surface area contributed by atoms with Crippen LogP contribution in [-0.2, 0) is 10.8 Å². The Balaban J connectivity index is 1.19. The number of hydrogen-bond donors (Lipinski definition) is 0. The van der Waals surface area contributed by atoms with Crippen LogP contribution in [0.4, 0.5) is 28.4 Å². The second kappa shape index (κ2) is 14.0. The maximum absolute atomic E-state index is 14.7. The van der Waals surface area contributed by atoms with E-state index in [0.29, 0.717) is 28.8 Å². The van der Waals surface area contributed by atoms with E-state index in [1.807, 2.05) is 84.9 Å². The lowest BCUT2D eigenvalue weighted by Gasteiger charge is -2.42. The Labute approximate surface area is 324 Å². The van der Waals surface area contributed by atoms with Crippen molar-refractivity contribution in [3.63, 3.8) is 0 Å². The van der Waals surface area contributed by atoms with Crippen LogP contribution in [0.25, 0.3) is 0 Å². The average Bonchev–Trinajstić information content (AvgIpc) is 3.22. The van der Waals surface area contributed by atoms with Gasteiger partial charge in [-0.3, -0.25) is 9.59 Å². The van der Waals surface area contributed by atoms with Gasteiger partial charge in [-0.05, 0) is 70.8 Å². The molecule has 6 aromatic rings. The average molecular weight is 717 g/mol. The maximum Gasteiger partial charge on any atom is 0.195 e. The van der Waals surface area contributed by atoms with Gasteiger partial charge in [0.25, 0.3) is 0 Å². The summed E-state index contributed by atoms with van der Waals surface area (Å²) in [5, 5.41) is 0. The monoisotopic (exact) mass is 716 g/mol. The molecule has 55 heavy (non-hydrogen) atoms. The molecule has 4 heteroatoms. The zero-order chi connectivity index (χ0) is 38.3. The molecule has 8 rings (SSSR count). The lowest BCUT2D eigenvalue weighted by molar-refractivity contribution is 0.103. The molecule has 6 aromatic carbocycles. The first-order valence-corrected chi connectivity index (χ1v) is 18.9. The van der Waals surface area contributed by atoms with Crippen molar-refractivity contribution in [3.05, 3.63) is 221 Å². The van der Waals surface area contributed by atoms with Gasteiger partial charge in [0.05, 0.1) is 22.7 Å². The number of rotatable bonds is 6. The van der Waals surface area contributed by atoms with Crippen molar-refractivity contribution in [3.8, 4) is 0 Å². The summed E-state index contributed by atoms with van der Waals surface area (Å²) in [6.07, 6.45) is 8.22. The minimum atomic E-state index is -0.352. The molecule has 0 spiro atoms. The minimum absolute atomic E-state index is 0.149. The molecule has 0 unspecified atom stereocenters. The number of benzene rings is 6. The van der Waals surface area contributed by atoms with E-state index in [-0.39, 0.29) is 22.4 Å². The summed E-state index contributed by atoms with van der Waals surface area (Å²) in [7, 11) is 0. The number of allylic oxidation sites excluding steroid dienone is 4. The predicted octanol–water partition coefficient (Wildman–Crippen LogP) is 12.4. The fraction of sp³-hybridized carbons (Fsp3) is 0.137. The Morgan fingerprint density at radius 1 is 0.509 bits per heavy atom. The van der Waals surface area contributed by atoms with Crippen LogP contribution in [0.2, 0.25) is 0 Å². The van der Waals surface area contributed by atoms with Gasteiger partial charge in [-0.15, -0.1) is 0 Å². The summed E-state index contributed by atoms with van der Waals surface area (Å²) in [6, 6.07) is 47.9. The normalized spacial score (nSPS) is 16.6. The van der Waals surface area contributed by atoms with E-state index >= 15 is 0 Å². The van der Waals surface area contributed by atoms with Gasteiger partial charge in [-0.1, -0.05) is 156 Å². The van der Waals surface area contributed by atoms with Crippen molar-refractivity contribution in [2.24, 2.45) is 0 Å². The highest BCUT2D eigenvalue weighted by Crippen LogP contribution is 2.52. The molecule has 0 radical (unpaired) electrons. The molecule has 0 aromatic heterocycles. The fourth-order valence-corrected chi connectivity index (χ4v) is 8.16. The molecular weight excluding hydrogens is 673 g/mol. The Bertz CT molecular complexity index is 2500. The summed E-state index contributed by atoms with van der Waals surface area (Å²) < 4.78 is 0. The van der Waals surface area contributed by atoms with Crippen LogP contribution in [0, 0.1) is 0 Å². The van der Waals surface area contributed by atoms with Crippen LogP contribution in [0.15, 0.2) is 182 Å². The summed E-state index contributed by atoms with van der Waals surface area (Å²) >= 11 is 0. The molecule has 0 aliphatic carbocycles. The molecule has 270 valence electrons. The van der Waals surface area contributed by atoms with Gasteiger partial charge in [0.2, 0.25) is 0 Å². The summed E-state index contributed by atoms with van der Waals surface area (Å²) in [5.41, 5.74) is 10.6. The van der Waals surface area contributed by atoms with Crippen LogP contribution >= 0.6 is 0 Å². The Hall–Kier alpha value is -6.52. The number of para-hydroxylation sites is 5. The molecule has 0 fully saturated rings. The van der Waals surface area contributed by atoms with E-state index in [1.165, 1.54) is 11.1 Å². The number of fused-ring (bicyclic) bond motifs is 3. The number of anilines is 5. The van der Waals surface area contributed by atoms with Crippen LogP contribution in [-0.4, -0.2) is 18.1 Å². The van der Waals surface area contributed by atoms with E-state index in [2.05, 4.69) is 111 Å². The SMILES string of the molecule is C=C1/C=C\C=C/CN(c2ccccc2C(=O)c2cccc(C(=O)c3ccccc3N3c4ccccc4C(C)(C)c4ccccc43)c2)c2ccccc2C1(C)C. The highest BCUT2D eigenvalue weighted by molar-refractivity contribution is 6.17. The predicted molar refractivity (Wildman–Crippen MR) is 227 cm³/mol. The van der Waals surface area contributed by atoms with Crippen LogP contribution in [0.3, 0.4) is 0 Å². The Kier molecular flexibility index (Phi) is 9.06. The lowest BCUT2D eigenvalue weighted by atomic mass is 9.73. The van der Waals surface area contributed by atoms with Crippen LogP contribution in [0.1, 0.15) is 76.2 Å². The minimum Gasteiger partial charge on any atom is -0.337 e. The molecule has 2 heterocycles. The summed E-state index contributed by atoms with van der Waals surface area (Å²) in [6.45, 7) is 13.8. The van der Waals surface area contributed by atoms with E-state index in [1.54, 1.807) is 18.2 Å². The third-order valence-corrected chi connectivity index (χ3v) is 11.4. The van der Waals surface area contributed by atoms with E-state index < -0.39 is 0 Å². The number of ketones is 2. The summed E-state index contributed by atoms with van der Waals surface area (Å²) in [5.74, 6) is -0.300. The largest absolute Gasteiger partial charge is 0.337 e. The lowest BCUT2D eigenvalue weighted by Crippen LogP contribution is -2.31. The van der Waals surface area contributed by atoms with Gasteiger partial charge in [0.1, 0.15) is 0 Å². The molecular formula is C51H44N2O2. The van der Waals surface area contributed by atoms with Crippen LogP contribution < -0.4 is 9.80 Å². The molecule has 2 aliphatic rings. The van der Waals surface area contributed by atoms with Crippen LogP contribution in [0.5, 0.6) is 0 Å². The summed E-state index contributed by atoms with van der Waals surface area (Å²) in [4.78, 5) is 33.7. The highest BCUT2D eigenvalue weighted by Gasteiger charge is 2.37. The molecule has 0 saturated carbocycles. The van der Waals surface area contributed by atoms with Crippen molar-refractivity contribution in [2.75, 3.05) is 16.3 Å². The Morgan fingerprint density at radius 2 is 0.964 bits per heavy atom. The van der Waals surface area contributed by atoms with Gasteiger partial charge in [0.15, 0.2) is 11.6 Å². The zero-order valence-corrected chi connectivity index (χ0v) is 31.8.